The summed E-state index contributed by atoms with van der Waals surface area (Å²) in [6, 6.07) is 0. The first-order valence-electron chi connectivity index (χ1n) is 6.20. The molecule has 0 rings (SSSR count). The Morgan fingerprint density at radius 2 is 2.00 bits per heavy atom. The molecule has 0 amide bonds. The fraction of sp³-hybridized carbons (Fsp3) is 0.833. The van der Waals surface area contributed by atoms with Crippen LogP contribution in [0.15, 0.2) is 12.2 Å². The number of hydrogen-bond acceptors (Lipinski definition) is 3. The summed E-state index contributed by atoms with van der Waals surface area (Å²) in [5, 5.41) is 2.75. The number of likely N-dealkylation sites (N-methyl/N-ethyl adjacent to an activating group) is 1. The van der Waals surface area contributed by atoms with Gasteiger partial charge in [-0.1, -0.05) is 26.0 Å². The molecule has 0 fully saturated rings. The van der Waals surface area contributed by atoms with Gasteiger partial charge in [-0.15, -0.1) is 0 Å². The molecule has 5 heteroatoms. The average molecular weight is 262 g/mol. The highest BCUT2D eigenvalue weighted by Gasteiger charge is 2.26. The molecule has 0 spiro atoms. The monoisotopic (exact) mass is 262 g/mol. The minimum absolute atomic E-state index is 0.395. The Bertz CT molecular complexity index is 325. The Morgan fingerprint density at radius 1 is 1.41 bits per heavy atom. The summed E-state index contributed by atoms with van der Waals surface area (Å²) >= 11 is 0. The molecule has 0 saturated carbocycles. The first-order chi connectivity index (χ1) is 7.86. The van der Waals surface area contributed by atoms with E-state index < -0.39 is 15.3 Å². The van der Waals surface area contributed by atoms with Gasteiger partial charge in [0.25, 0.3) is 0 Å². The second-order valence-corrected chi connectivity index (χ2v) is 6.79. The number of nitrogens with zero attached hydrogens (tertiary/aromatic N) is 1. The molecule has 0 aromatic heterocycles. The number of nitrogens with one attached hydrogen (secondary N) is 1. The van der Waals surface area contributed by atoms with Crippen LogP contribution in [0.4, 0.5) is 0 Å². The lowest BCUT2D eigenvalue weighted by Gasteiger charge is -2.24. The maximum absolute atomic E-state index is 12.2. The molecule has 1 N–H and O–H groups in total. The molecule has 0 aromatic carbocycles. The van der Waals surface area contributed by atoms with Crippen LogP contribution < -0.4 is 5.32 Å². The van der Waals surface area contributed by atoms with Crippen LogP contribution in [0.25, 0.3) is 0 Å². The van der Waals surface area contributed by atoms with Crippen molar-refractivity contribution in [1.82, 2.24) is 9.62 Å². The van der Waals surface area contributed by atoms with E-state index in [9.17, 15) is 8.42 Å². The van der Waals surface area contributed by atoms with Gasteiger partial charge >= 0.3 is 0 Å². The highest BCUT2D eigenvalue weighted by atomic mass is 32.2. The molecule has 0 saturated heterocycles. The summed E-state index contributed by atoms with van der Waals surface area (Å²) < 4.78 is 26.0. The first kappa shape index (κ1) is 16.6. The Hall–Kier alpha value is -0.390. The van der Waals surface area contributed by atoms with Gasteiger partial charge in [-0.05, 0) is 26.8 Å². The van der Waals surface area contributed by atoms with Gasteiger partial charge in [0.05, 0.1) is 5.25 Å². The highest BCUT2D eigenvalue weighted by Crippen LogP contribution is 2.10. The molecule has 1 atom stereocenters. The minimum atomic E-state index is -3.22. The smallest absolute Gasteiger partial charge is 0.218 e. The van der Waals surface area contributed by atoms with Crippen molar-refractivity contribution >= 4 is 10.0 Å². The van der Waals surface area contributed by atoms with Crippen LogP contribution >= 0.6 is 0 Å². The van der Waals surface area contributed by atoms with Gasteiger partial charge in [-0.3, -0.25) is 0 Å². The van der Waals surface area contributed by atoms with Gasteiger partial charge in [0.1, 0.15) is 0 Å². The summed E-state index contributed by atoms with van der Waals surface area (Å²) in [5.74, 6) is 0. The lowest BCUT2D eigenvalue weighted by atomic mass is 10.3. The molecule has 0 aliphatic heterocycles. The van der Waals surface area contributed by atoms with Gasteiger partial charge in [0.2, 0.25) is 10.0 Å². The van der Waals surface area contributed by atoms with Gasteiger partial charge < -0.3 is 5.32 Å². The largest absolute Gasteiger partial charge is 0.315 e. The summed E-state index contributed by atoms with van der Waals surface area (Å²) in [6.07, 6.45) is 1.01. The fourth-order valence-electron chi connectivity index (χ4n) is 1.52. The van der Waals surface area contributed by atoms with E-state index in [1.165, 1.54) is 4.31 Å². The van der Waals surface area contributed by atoms with Crippen molar-refractivity contribution < 1.29 is 8.42 Å². The molecular weight excluding hydrogens is 236 g/mol. The van der Waals surface area contributed by atoms with Gasteiger partial charge in [0, 0.05) is 19.6 Å². The molecule has 0 heterocycles. The van der Waals surface area contributed by atoms with Crippen molar-refractivity contribution in [3.8, 4) is 0 Å². The predicted octanol–water partition coefficient (Wildman–Crippen LogP) is 1.60. The van der Waals surface area contributed by atoms with E-state index in [0.717, 1.165) is 18.5 Å². The zero-order valence-electron chi connectivity index (χ0n) is 11.5. The van der Waals surface area contributed by atoms with Crippen molar-refractivity contribution in [3.05, 3.63) is 12.2 Å². The summed E-state index contributed by atoms with van der Waals surface area (Å²) in [4.78, 5) is 0. The molecule has 0 bridgehead atoms. The molecule has 4 nitrogen and oxygen atoms in total. The van der Waals surface area contributed by atoms with E-state index in [4.69, 9.17) is 0 Å². The molecular formula is C12H26N2O2S. The molecule has 0 aromatic rings. The average Bonchev–Trinajstić information content (AvgIpc) is 2.25. The lowest BCUT2D eigenvalue weighted by Crippen LogP contribution is -2.42. The Morgan fingerprint density at radius 3 is 2.41 bits per heavy atom. The maximum Gasteiger partial charge on any atom is 0.218 e. The third-order valence-electron chi connectivity index (χ3n) is 2.53. The molecule has 0 aliphatic carbocycles. The maximum atomic E-state index is 12.2. The number of sulfonamides is 1. The second kappa shape index (κ2) is 7.84. The lowest BCUT2D eigenvalue weighted by molar-refractivity contribution is 0.441. The van der Waals surface area contributed by atoms with E-state index in [1.807, 2.05) is 13.8 Å². The quantitative estimate of drug-likeness (QED) is 0.507. The van der Waals surface area contributed by atoms with E-state index in [-0.39, 0.29) is 0 Å². The molecule has 0 aliphatic rings. The van der Waals surface area contributed by atoms with Crippen LogP contribution in [-0.2, 0) is 10.0 Å². The van der Waals surface area contributed by atoms with E-state index >= 15 is 0 Å². The Labute approximate surface area is 106 Å². The van der Waals surface area contributed by atoms with E-state index in [0.29, 0.717) is 19.6 Å². The standard InChI is InChI=1S/C12H26N2O2S/c1-6-8-13-9-12(5)17(15,16)14(7-2)10-11(3)4/h12-13H,3,6-10H2,1-2,4-5H3. The van der Waals surface area contributed by atoms with Gasteiger partial charge in [0.15, 0.2) is 0 Å². The predicted molar refractivity (Wildman–Crippen MR) is 73.6 cm³/mol. The zero-order valence-corrected chi connectivity index (χ0v) is 12.3. The number of rotatable bonds is 9. The third-order valence-corrected chi connectivity index (χ3v) is 4.82. The summed E-state index contributed by atoms with van der Waals surface area (Å²) in [6.45, 7) is 13.5. The van der Waals surface area contributed by atoms with Crippen molar-refractivity contribution in [2.45, 2.75) is 39.4 Å². The van der Waals surface area contributed by atoms with Crippen molar-refractivity contribution in [2.24, 2.45) is 0 Å². The van der Waals surface area contributed by atoms with Crippen LogP contribution in [0.3, 0.4) is 0 Å². The fourth-order valence-corrected chi connectivity index (χ4v) is 3.12. The van der Waals surface area contributed by atoms with Gasteiger partial charge in [-0.25, -0.2) is 8.42 Å². The van der Waals surface area contributed by atoms with Crippen LogP contribution in [0.1, 0.15) is 34.1 Å². The highest BCUT2D eigenvalue weighted by molar-refractivity contribution is 7.89. The molecule has 102 valence electrons. The van der Waals surface area contributed by atoms with E-state index in [1.54, 1.807) is 6.92 Å². The van der Waals surface area contributed by atoms with E-state index in [2.05, 4.69) is 18.8 Å². The second-order valence-electron chi connectivity index (χ2n) is 4.44. The SMILES string of the molecule is C=C(C)CN(CC)S(=O)(=O)C(C)CNCCC. The zero-order chi connectivity index (χ0) is 13.5. The molecule has 1 unspecified atom stereocenters. The van der Waals surface area contributed by atoms with Crippen molar-refractivity contribution in [2.75, 3.05) is 26.2 Å². The van der Waals surface area contributed by atoms with Crippen LogP contribution in [0.5, 0.6) is 0 Å². The van der Waals surface area contributed by atoms with Crippen molar-refractivity contribution in [1.29, 1.82) is 0 Å². The minimum Gasteiger partial charge on any atom is -0.315 e. The normalized spacial score (nSPS) is 13.9. The number of hydrogen-bond donors (Lipinski definition) is 1. The molecule has 17 heavy (non-hydrogen) atoms. The summed E-state index contributed by atoms with van der Waals surface area (Å²) in [5.41, 5.74) is 0.865. The first-order valence-corrected chi connectivity index (χ1v) is 7.70. The van der Waals surface area contributed by atoms with Crippen LogP contribution in [0.2, 0.25) is 0 Å². The third kappa shape index (κ3) is 5.66. The van der Waals surface area contributed by atoms with Crippen LogP contribution in [-0.4, -0.2) is 44.2 Å². The Balaban J connectivity index is 4.55. The summed E-state index contributed by atoms with van der Waals surface area (Å²) in [7, 11) is -3.22. The Kier molecular flexibility index (Phi) is 7.66. The van der Waals surface area contributed by atoms with Crippen molar-refractivity contribution in [3.63, 3.8) is 0 Å². The van der Waals surface area contributed by atoms with Crippen LogP contribution in [0, 0.1) is 0 Å². The molecule has 0 radical (unpaired) electrons. The topological polar surface area (TPSA) is 49.4 Å². The van der Waals surface area contributed by atoms with Gasteiger partial charge in [-0.2, -0.15) is 4.31 Å².